The van der Waals surface area contributed by atoms with E-state index in [2.05, 4.69) is 41.5 Å². The van der Waals surface area contributed by atoms with Crippen molar-refractivity contribution < 1.29 is 23.8 Å². The number of ketones is 1. The molecule has 0 radical (unpaired) electrons. The Balaban J connectivity index is 2.41. The van der Waals surface area contributed by atoms with Crippen LogP contribution in [0.3, 0.4) is 0 Å². The van der Waals surface area contributed by atoms with Crippen LogP contribution in [0.4, 0.5) is 0 Å². The van der Waals surface area contributed by atoms with Crippen LogP contribution in [0.25, 0.3) is 0 Å². The van der Waals surface area contributed by atoms with Gasteiger partial charge in [0.1, 0.15) is 11.5 Å². The molecule has 2 aromatic rings. The fourth-order valence-corrected chi connectivity index (χ4v) is 3.35. The predicted molar refractivity (Wildman–Crippen MR) is 123 cm³/mol. The molecular formula is C26H34O5. The molecule has 0 unspecified atom stereocenters. The van der Waals surface area contributed by atoms with Crippen LogP contribution in [-0.4, -0.2) is 32.6 Å². The summed E-state index contributed by atoms with van der Waals surface area (Å²) < 4.78 is 16.3. The van der Waals surface area contributed by atoms with Gasteiger partial charge >= 0.3 is 5.97 Å². The zero-order valence-electron chi connectivity index (χ0n) is 20.1. The van der Waals surface area contributed by atoms with Crippen molar-refractivity contribution in [3.05, 3.63) is 58.1 Å². The van der Waals surface area contributed by atoms with E-state index in [1.807, 2.05) is 19.1 Å². The number of esters is 1. The van der Waals surface area contributed by atoms with Gasteiger partial charge in [-0.3, -0.25) is 4.79 Å². The van der Waals surface area contributed by atoms with Crippen LogP contribution in [0.1, 0.15) is 78.9 Å². The fourth-order valence-electron chi connectivity index (χ4n) is 3.35. The van der Waals surface area contributed by atoms with Gasteiger partial charge in [0.05, 0.1) is 19.8 Å². The number of carbonyl (C=O) groups is 2. The molecule has 168 valence electrons. The second kappa shape index (κ2) is 9.13. The second-order valence-corrected chi connectivity index (χ2v) is 9.79. The van der Waals surface area contributed by atoms with Crippen LogP contribution < -0.4 is 9.47 Å². The first-order chi connectivity index (χ1) is 14.3. The normalized spacial score (nSPS) is 11.8. The average Bonchev–Trinajstić information content (AvgIpc) is 2.69. The molecule has 2 rings (SSSR count). The zero-order chi connectivity index (χ0) is 23.6. The lowest BCUT2D eigenvalue weighted by molar-refractivity contribution is 0.0600. The number of hydrogen-bond donors (Lipinski definition) is 0. The molecule has 0 fully saturated rings. The molecule has 0 saturated carbocycles. The molecule has 0 spiro atoms. The largest absolute Gasteiger partial charge is 0.496 e. The number of benzene rings is 2. The van der Waals surface area contributed by atoms with E-state index in [0.29, 0.717) is 16.9 Å². The van der Waals surface area contributed by atoms with E-state index in [0.717, 1.165) is 22.4 Å². The Morgan fingerprint density at radius 1 is 0.839 bits per heavy atom. The SMILES string of the molecule is COC(=O)c1ccc(C)c(OCC(=O)c2cc(C(C)(C)C)c(OC)c(C(C)(C)C)c2)c1. The van der Waals surface area contributed by atoms with Crippen molar-refractivity contribution in [3.8, 4) is 11.5 Å². The summed E-state index contributed by atoms with van der Waals surface area (Å²) in [5.74, 6) is 0.716. The Hall–Kier alpha value is -2.82. The lowest BCUT2D eigenvalue weighted by Gasteiger charge is -2.29. The van der Waals surface area contributed by atoms with E-state index < -0.39 is 5.97 Å². The third-order valence-electron chi connectivity index (χ3n) is 5.20. The van der Waals surface area contributed by atoms with E-state index in [1.165, 1.54) is 7.11 Å². The minimum absolute atomic E-state index is 0.134. The Morgan fingerprint density at radius 3 is 1.84 bits per heavy atom. The smallest absolute Gasteiger partial charge is 0.337 e. The first-order valence-corrected chi connectivity index (χ1v) is 10.4. The summed E-state index contributed by atoms with van der Waals surface area (Å²) in [6, 6.07) is 8.85. The third kappa shape index (κ3) is 5.66. The number of methoxy groups -OCH3 is 2. The highest BCUT2D eigenvalue weighted by atomic mass is 16.5. The van der Waals surface area contributed by atoms with Crippen LogP contribution >= 0.6 is 0 Å². The lowest BCUT2D eigenvalue weighted by atomic mass is 9.78. The van der Waals surface area contributed by atoms with Crippen molar-refractivity contribution in [1.82, 2.24) is 0 Å². The number of aryl methyl sites for hydroxylation is 1. The van der Waals surface area contributed by atoms with Gasteiger partial charge in [-0.15, -0.1) is 0 Å². The predicted octanol–water partition coefficient (Wildman–Crippen LogP) is 5.65. The molecule has 0 saturated heterocycles. The Bertz CT molecular complexity index is 939. The summed E-state index contributed by atoms with van der Waals surface area (Å²) in [7, 11) is 3.00. The van der Waals surface area contributed by atoms with Crippen LogP contribution in [-0.2, 0) is 15.6 Å². The van der Waals surface area contributed by atoms with E-state index in [9.17, 15) is 9.59 Å². The fraction of sp³-hybridized carbons (Fsp3) is 0.462. The van der Waals surface area contributed by atoms with Crippen molar-refractivity contribution in [2.45, 2.75) is 59.3 Å². The van der Waals surface area contributed by atoms with E-state index in [1.54, 1.807) is 25.3 Å². The van der Waals surface area contributed by atoms with Crippen LogP contribution in [0.15, 0.2) is 30.3 Å². The van der Waals surface area contributed by atoms with Crippen molar-refractivity contribution in [1.29, 1.82) is 0 Å². The van der Waals surface area contributed by atoms with Gasteiger partial charge in [0.15, 0.2) is 12.4 Å². The molecule has 0 aromatic heterocycles. The van der Waals surface area contributed by atoms with Crippen molar-refractivity contribution in [2.24, 2.45) is 0 Å². The van der Waals surface area contributed by atoms with Gasteiger partial charge in [0, 0.05) is 16.7 Å². The maximum absolute atomic E-state index is 13.1. The molecule has 0 atom stereocenters. The minimum Gasteiger partial charge on any atom is -0.496 e. The average molecular weight is 427 g/mol. The van der Waals surface area contributed by atoms with Gasteiger partial charge in [-0.25, -0.2) is 4.79 Å². The lowest BCUT2D eigenvalue weighted by Crippen LogP contribution is -2.22. The molecule has 0 amide bonds. The van der Waals surface area contributed by atoms with Gasteiger partial charge in [-0.05, 0) is 47.6 Å². The van der Waals surface area contributed by atoms with Gasteiger partial charge in [-0.2, -0.15) is 0 Å². The number of carbonyl (C=O) groups excluding carboxylic acids is 2. The third-order valence-corrected chi connectivity index (χ3v) is 5.20. The molecule has 0 aliphatic carbocycles. The van der Waals surface area contributed by atoms with E-state index in [-0.39, 0.29) is 23.2 Å². The van der Waals surface area contributed by atoms with E-state index >= 15 is 0 Å². The van der Waals surface area contributed by atoms with Crippen LogP contribution in [0.2, 0.25) is 0 Å². The van der Waals surface area contributed by atoms with Gasteiger partial charge in [0.2, 0.25) is 0 Å². The topological polar surface area (TPSA) is 61.8 Å². The van der Waals surface area contributed by atoms with Crippen LogP contribution in [0, 0.1) is 6.92 Å². The molecule has 0 bridgehead atoms. The molecular weight excluding hydrogens is 392 g/mol. The standard InChI is InChI=1S/C26H34O5/c1-16-10-11-17(24(28)30-9)14-22(16)31-15-21(27)18-12-19(25(2,3)4)23(29-8)20(13-18)26(5,6)7/h10-14H,15H2,1-9H3. The monoisotopic (exact) mass is 426 g/mol. The molecule has 5 nitrogen and oxygen atoms in total. The first kappa shape index (κ1) is 24.4. The molecule has 2 aromatic carbocycles. The van der Waals surface area contributed by atoms with Crippen molar-refractivity contribution in [2.75, 3.05) is 20.8 Å². The Kier molecular flexibility index (Phi) is 7.20. The number of ether oxygens (including phenoxy) is 3. The van der Waals surface area contributed by atoms with Gasteiger partial charge in [0.25, 0.3) is 0 Å². The summed E-state index contributed by atoms with van der Waals surface area (Å²) in [4.78, 5) is 24.9. The number of Topliss-reactive ketones (excluding diaryl/α,β-unsaturated/α-hetero) is 1. The molecule has 0 aliphatic rings. The van der Waals surface area contributed by atoms with Crippen molar-refractivity contribution in [3.63, 3.8) is 0 Å². The molecule has 0 heterocycles. The van der Waals surface area contributed by atoms with Crippen molar-refractivity contribution >= 4 is 11.8 Å². The molecule has 0 aliphatic heterocycles. The molecule has 0 N–H and O–H groups in total. The Labute approximate surface area is 185 Å². The second-order valence-electron chi connectivity index (χ2n) is 9.79. The quantitative estimate of drug-likeness (QED) is 0.441. The van der Waals surface area contributed by atoms with Gasteiger partial charge < -0.3 is 14.2 Å². The number of rotatable bonds is 6. The minimum atomic E-state index is -0.448. The maximum Gasteiger partial charge on any atom is 0.337 e. The Morgan fingerprint density at radius 2 is 1.39 bits per heavy atom. The summed E-state index contributed by atoms with van der Waals surface area (Å²) in [5, 5.41) is 0. The molecule has 5 heteroatoms. The first-order valence-electron chi connectivity index (χ1n) is 10.4. The summed E-state index contributed by atoms with van der Waals surface area (Å²) in [6.07, 6.45) is 0. The summed E-state index contributed by atoms with van der Waals surface area (Å²) >= 11 is 0. The van der Waals surface area contributed by atoms with Crippen LogP contribution in [0.5, 0.6) is 11.5 Å². The molecule has 31 heavy (non-hydrogen) atoms. The number of hydrogen-bond acceptors (Lipinski definition) is 5. The summed E-state index contributed by atoms with van der Waals surface area (Å²) in [5.41, 5.74) is 3.36. The zero-order valence-corrected chi connectivity index (χ0v) is 20.1. The van der Waals surface area contributed by atoms with Gasteiger partial charge in [-0.1, -0.05) is 47.6 Å². The maximum atomic E-state index is 13.1. The highest BCUT2D eigenvalue weighted by molar-refractivity contribution is 5.98. The highest BCUT2D eigenvalue weighted by Crippen LogP contribution is 2.40. The van der Waals surface area contributed by atoms with E-state index in [4.69, 9.17) is 14.2 Å². The summed E-state index contributed by atoms with van der Waals surface area (Å²) in [6.45, 7) is 14.3. The highest BCUT2D eigenvalue weighted by Gasteiger charge is 2.28.